The Morgan fingerprint density at radius 1 is 1.19 bits per heavy atom. The van der Waals surface area contributed by atoms with Gasteiger partial charge >= 0.3 is 5.97 Å². The van der Waals surface area contributed by atoms with Gasteiger partial charge in [0, 0.05) is 18.3 Å². The fraction of sp³-hybridized carbons (Fsp3) is 0.316. The van der Waals surface area contributed by atoms with Gasteiger partial charge in [0.15, 0.2) is 0 Å². The van der Waals surface area contributed by atoms with Crippen LogP contribution in [0.4, 0.5) is 10.1 Å². The van der Waals surface area contributed by atoms with Gasteiger partial charge in [0.05, 0.1) is 17.8 Å². The van der Waals surface area contributed by atoms with Crippen LogP contribution < -0.4 is 5.32 Å². The Labute approximate surface area is 150 Å². The van der Waals surface area contributed by atoms with Gasteiger partial charge in [-0.3, -0.25) is 19.5 Å². The number of amides is 1. The number of carbonyl (C=O) groups excluding carboxylic acids is 1. The molecule has 0 bridgehead atoms. The lowest BCUT2D eigenvalue weighted by molar-refractivity contribution is -0.143. The first-order chi connectivity index (χ1) is 12.5. The summed E-state index contributed by atoms with van der Waals surface area (Å²) in [5.74, 6) is -1.70. The van der Waals surface area contributed by atoms with E-state index in [0.717, 1.165) is 18.7 Å². The molecule has 1 fully saturated rings. The molecule has 1 aliphatic heterocycles. The fourth-order valence-electron chi connectivity index (χ4n) is 3.04. The van der Waals surface area contributed by atoms with E-state index in [1.807, 2.05) is 6.07 Å². The number of carboxylic acid groups (broad SMARTS) is 1. The first-order valence-corrected chi connectivity index (χ1v) is 8.47. The Hall–Kier alpha value is -2.80. The van der Waals surface area contributed by atoms with E-state index in [-0.39, 0.29) is 11.8 Å². The molecule has 0 saturated carbocycles. The topological polar surface area (TPSA) is 82.5 Å². The second kappa shape index (κ2) is 8.05. The number of hydrogen-bond acceptors (Lipinski definition) is 4. The number of nitrogens with zero attached hydrogens (tertiary/aromatic N) is 2. The number of pyridine rings is 1. The maximum atomic E-state index is 12.9. The molecule has 2 aromatic rings. The lowest BCUT2D eigenvalue weighted by Crippen LogP contribution is -2.35. The van der Waals surface area contributed by atoms with Gasteiger partial charge in [-0.2, -0.15) is 0 Å². The lowest BCUT2D eigenvalue weighted by Gasteiger charge is -2.29. The number of aromatic nitrogens is 1. The van der Waals surface area contributed by atoms with E-state index in [0.29, 0.717) is 30.6 Å². The molecule has 1 aliphatic rings. The van der Waals surface area contributed by atoms with Gasteiger partial charge in [-0.1, -0.05) is 0 Å². The van der Waals surface area contributed by atoms with Crippen LogP contribution in [0.25, 0.3) is 0 Å². The van der Waals surface area contributed by atoms with E-state index in [1.54, 1.807) is 12.4 Å². The quantitative estimate of drug-likeness (QED) is 0.860. The van der Waals surface area contributed by atoms with Gasteiger partial charge in [-0.05, 0) is 61.8 Å². The van der Waals surface area contributed by atoms with E-state index < -0.39 is 11.8 Å². The van der Waals surface area contributed by atoms with Crippen molar-refractivity contribution in [3.05, 3.63) is 59.7 Å². The van der Waals surface area contributed by atoms with Crippen molar-refractivity contribution in [3.8, 4) is 0 Å². The largest absolute Gasteiger partial charge is 0.481 e. The van der Waals surface area contributed by atoms with Gasteiger partial charge in [-0.25, -0.2) is 4.39 Å². The molecule has 0 unspecified atom stereocenters. The van der Waals surface area contributed by atoms with Crippen LogP contribution in [-0.4, -0.2) is 40.0 Å². The van der Waals surface area contributed by atoms with Crippen molar-refractivity contribution in [2.45, 2.75) is 19.4 Å². The Morgan fingerprint density at radius 3 is 2.54 bits per heavy atom. The highest BCUT2D eigenvalue weighted by Gasteiger charge is 2.24. The van der Waals surface area contributed by atoms with Crippen LogP contribution in [0.15, 0.2) is 42.7 Å². The third kappa shape index (κ3) is 4.64. The van der Waals surface area contributed by atoms with Crippen molar-refractivity contribution >= 4 is 17.6 Å². The molecular formula is C19H20FN3O3. The van der Waals surface area contributed by atoms with E-state index >= 15 is 0 Å². The molecule has 1 amide bonds. The van der Waals surface area contributed by atoms with Crippen LogP contribution in [-0.2, 0) is 11.3 Å². The molecule has 136 valence electrons. The minimum Gasteiger partial charge on any atom is -0.481 e. The Bertz CT molecular complexity index is 787. The van der Waals surface area contributed by atoms with Crippen molar-refractivity contribution < 1.29 is 19.1 Å². The second-order valence-corrected chi connectivity index (χ2v) is 6.43. The highest BCUT2D eigenvalue weighted by atomic mass is 19.1. The highest BCUT2D eigenvalue weighted by molar-refractivity contribution is 6.04. The molecular weight excluding hydrogens is 337 g/mol. The molecule has 0 atom stereocenters. The molecule has 0 radical (unpaired) electrons. The Balaban J connectivity index is 1.59. The standard InChI is InChI=1S/C19H20FN3O3/c20-16-3-1-14(2-4-16)18(24)22-17-9-13(10-21-11-17)12-23-7-5-15(6-8-23)19(25)26/h1-4,9-11,15H,5-8,12H2,(H,22,24)(H,25,26). The molecule has 1 aromatic heterocycles. The number of carbonyl (C=O) groups is 2. The summed E-state index contributed by atoms with van der Waals surface area (Å²) >= 11 is 0. The SMILES string of the molecule is O=C(Nc1cncc(CN2CCC(C(=O)O)CC2)c1)c1ccc(F)cc1. The number of aliphatic carboxylic acids is 1. The number of piperidine rings is 1. The predicted octanol–water partition coefficient (Wildman–Crippen LogP) is 2.77. The minimum absolute atomic E-state index is 0.259. The number of benzene rings is 1. The summed E-state index contributed by atoms with van der Waals surface area (Å²) in [6.07, 6.45) is 4.58. The molecule has 2 heterocycles. The lowest BCUT2D eigenvalue weighted by atomic mass is 9.97. The normalized spacial score (nSPS) is 15.6. The van der Waals surface area contributed by atoms with E-state index in [4.69, 9.17) is 5.11 Å². The predicted molar refractivity (Wildman–Crippen MR) is 94.2 cm³/mol. The summed E-state index contributed by atoms with van der Waals surface area (Å²) in [7, 11) is 0. The number of nitrogens with one attached hydrogen (secondary N) is 1. The summed E-state index contributed by atoms with van der Waals surface area (Å²) in [6.45, 7) is 2.10. The van der Waals surface area contributed by atoms with Gasteiger partial charge in [0.1, 0.15) is 5.82 Å². The third-order valence-electron chi connectivity index (χ3n) is 4.50. The van der Waals surface area contributed by atoms with E-state index in [9.17, 15) is 14.0 Å². The highest BCUT2D eigenvalue weighted by Crippen LogP contribution is 2.20. The molecule has 6 nitrogen and oxygen atoms in total. The van der Waals surface area contributed by atoms with E-state index in [1.165, 1.54) is 24.3 Å². The van der Waals surface area contributed by atoms with Crippen molar-refractivity contribution in [1.82, 2.24) is 9.88 Å². The zero-order chi connectivity index (χ0) is 18.5. The third-order valence-corrected chi connectivity index (χ3v) is 4.50. The Kier molecular flexibility index (Phi) is 5.58. The van der Waals surface area contributed by atoms with Crippen LogP contribution in [0.1, 0.15) is 28.8 Å². The number of carboxylic acids is 1. The van der Waals surface area contributed by atoms with Crippen molar-refractivity contribution in [3.63, 3.8) is 0 Å². The summed E-state index contributed by atoms with van der Waals surface area (Å²) < 4.78 is 12.9. The number of halogens is 1. The molecule has 2 N–H and O–H groups in total. The molecule has 1 saturated heterocycles. The zero-order valence-corrected chi connectivity index (χ0v) is 14.2. The van der Waals surface area contributed by atoms with Crippen molar-refractivity contribution in [2.75, 3.05) is 18.4 Å². The second-order valence-electron chi connectivity index (χ2n) is 6.43. The first-order valence-electron chi connectivity index (χ1n) is 8.47. The van der Waals surface area contributed by atoms with Crippen LogP contribution >= 0.6 is 0 Å². The number of likely N-dealkylation sites (tertiary alicyclic amines) is 1. The summed E-state index contributed by atoms with van der Waals surface area (Å²) in [5, 5.41) is 11.8. The minimum atomic E-state index is -0.725. The number of rotatable bonds is 5. The van der Waals surface area contributed by atoms with E-state index in [2.05, 4.69) is 15.2 Å². The smallest absolute Gasteiger partial charge is 0.306 e. The molecule has 1 aromatic carbocycles. The van der Waals surface area contributed by atoms with Crippen LogP contribution in [0.5, 0.6) is 0 Å². The maximum Gasteiger partial charge on any atom is 0.306 e. The molecule has 0 aliphatic carbocycles. The van der Waals surface area contributed by atoms with Crippen LogP contribution in [0.3, 0.4) is 0 Å². The summed E-state index contributed by atoms with van der Waals surface area (Å²) in [4.78, 5) is 29.6. The molecule has 7 heteroatoms. The zero-order valence-electron chi connectivity index (χ0n) is 14.2. The number of anilines is 1. The molecule has 3 rings (SSSR count). The van der Waals surface area contributed by atoms with Gasteiger partial charge < -0.3 is 10.4 Å². The maximum absolute atomic E-state index is 12.9. The first kappa shape index (κ1) is 18.0. The Morgan fingerprint density at radius 2 is 1.88 bits per heavy atom. The number of hydrogen-bond donors (Lipinski definition) is 2. The van der Waals surface area contributed by atoms with Gasteiger partial charge in [0.25, 0.3) is 5.91 Å². The van der Waals surface area contributed by atoms with Crippen LogP contribution in [0.2, 0.25) is 0 Å². The molecule has 0 spiro atoms. The average molecular weight is 357 g/mol. The van der Waals surface area contributed by atoms with Gasteiger partial charge in [0.2, 0.25) is 0 Å². The van der Waals surface area contributed by atoms with Gasteiger partial charge in [-0.15, -0.1) is 0 Å². The van der Waals surface area contributed by atoms with Crippen LogP contribution in [0, 0.1) is 11.7 Å². The monoisotopic (exact) mass is 357 g/mol. The average Bonchev–Trinajstić information content (AvgIpc) is 2.63. The fourth-order valence-corrected chi connectivity index (χ4v) is 3.04. The summed E-state index contributed by atoms with van der Waals surface area (Å²) in [6, 6.07) is 7.18. The van der Waals surface area contributed by atoms with Crippen molar-refractivity contribution in [2.24, 2.45) is 5.92 Å². The summed E-state index contributed by atoms with van der Waals surface area (Å²) in [5.41, 5.74) is 1.88. The van der Waals surface area contributed by atoms with Crippen molar-refractivity contribution in [1.29, 1.82) is 0 Å². The molecule has 26 heavy (non-hydrogen) atoms.